The van der Waals surface area contributed by atoms with Crippen LogP contribution in [-0.4, -0.2) is 61.6 Å². The highest BCUT2D eigenvalue weighted by Crippen LogP contribution is 2.31. The fourth-order valence-corrected chi connectivity index (χ4v) is 3.92. The summed E-state index contributed by atoms with van der Waals surface area (Å²) >= 11 is 0. The van der Waals surface area contributed by atoms with Crippen LogP contribution < -0.4 is 10.9 Å². The number of aryl methyl sites for hydroxylation is 1. The van der Waals surface area contributed by atoms with Crippen LogP contribution in [0.5, 0.6) is 5.75 Å². The lowest BCUT2D eigenvalue weighted by Gasteiger charge is -2.26. The minimum atomic E-state index is -0.619. The Morgan fingerprint density at radius 3 is 2.56 bits per heavy atom. The highest BCUT2D eigenvalue weighted by atomic mass is 16.5. The number of phenolic OH excluding ortho intramolecular Hbond substituents is 1. The van der Waals surface area contributed by atoms with E-state index in [-0.39, 0.29) is 22.8 Å². The lowest BCUT2D eigenvalue weighted by molar-refractivity contribution is 0.0383. The van der Waals surface area contributed by atoms with Crippen molar-refractivity contribution in [1.29, 1.82) is 0 Å². The molecule has 0 aliphatic carbocycles. The van der Waals surface area contributed by atoms with Crippen molar-refractivity contribution < 1.29 is 23.8 Å². The van der Waals surface area contributed by atoms with Crippen molar-refractivity contribution in [2.24, 2.45) is 0 Å². The lowest BCUT2D eigenvalue weighted by Crippen LogP contribution is -2.41. The number of rotatable bonds is 6. The number of hydrogen-bond acceptors (Lipinski definition) is 7. The first kappa shape index (κ1) is 21.7. The molecule has 4 rings (SSSR count). The maximum Gasteiger partial charge on any atom is 0.344 e. The third-order valence-corrected chi connectivity index (χ3v) is 5.72. The Labute approximate surface area is 184 Å². The van der Waals surface area contributed by atoms with Crippen molar-refractivity contribution in [2.75, 3.05) is 39.4 Å². The predicted octanol–water partition coefficient (Wildman–Crippen LogP) is 2.35. The summed E-state index contributed by atoms with van der Waals surface area (Å²) in [6.45, 7) is 6.23. The van der Waals surface area contributed by atoms with Crippen molar-refractivity contribution >= 4 is 23.2 Å². The van der Waals surface area contributed by atoms with Crippen molar-refractivity contribution in [3.05, 3.63) is 63.5 Å². The number of phenols is 1. The van der Waals surface area contributed by atoms with E-state index in [1.54, 1.807) is 37.3 Å². The molecule has 3 aromatic rings. The molecule has 0 atom stereocenters. The number of nitrogens with one attached hydrogen (secondary N) is 1. The van der Waals surface area contributed by atoms with E-state index in [1.165, 1.54) is 6.07 Å². The van der Waals surface area contributed by atoms with Gasteiger partial charge < -0.3 is 19.6 Å². The first-order valence-electron chi connectivity index (χ1n) is 10.4. The largest absolute Gasteiger partial charge is 0.507 e. The van der Waals surface area contributed by atoms with E-state index < -0.39 is 5.63 Å². The van der Waals surface area contributed by atoms with Crippen LogP contribution in [0.15, 0.2) is 45.6 Å². The quantitative estimate of drug-likeness (QED) is 0.451. The fraction of sp³-hybridized carbons (Fsp3) is 0.292. The smallest absolute Gasteiger partial charge is 0.344 e. The predicted molar refractivity (Wildman–Crippen MR) is 119 cm³/mol. The standard InChI is InChI=1S/C24H24N2O6/c1-15-18-6-7-20(28)19(14-27)22(18)32-24(30)21(15)16-2-4-17(5-3-16)23(29)25-8-9-26-10-12-31-13-11-26/h2-7,14,28H,8-13H2,1H3,(H,25,29). The van der Waals surface area contributed by atoms with E-state index in [1.807, 2.05) is 0 Å². The Hall–Kier alpha value is -3.49. The second-order valence-electron chi connectivity index (χ2n) is 7.67. The van der Waals surface area contributed by atoms with Gasteiger partial charge in [0.25, 0.3) is 5.91 Å². The Morgan fingerprint density at radius 1 is 1.16 bits per heavy atom. The van der Waals surface area contributed by atoms with Gasteiger partial charge in [-0.1, -0.05) is 12.1 Å². The molecule has 1 saturated heterocycles. The zero-order valence-corrected chi connectivity index (χ0v) is 17.7. The summed E-state index contributed by atoms with van der Waals surface area (Å²) < 4.78 is 10.7. The molecule has 1 aliphatic rings. The molecule has 32 heavy (non-hydrogen) atoms. The number of benzene rings is 2. The van der Waals surface area contributed by atoms with Gasteiger partial charge in [0.2, 0.25) is 0 Å². The number of ether oxygens (including phenoxy) is 1. The van der Waals surface area contributed by atoms with Crippen LogP contribution in [-0.2, 0) is 4.74 Å². The zero-order chi connectivity index (χ0) is 22.7. The number of morpholine rings is 1. The summed E-state index contributed by atoms with van der Waals surface area (Å²) in [6, 6.07) is 9.72. The highest BCUT2D eigenvalue weighted by molar-refractivity contribution is 6.00. The number of carbonyl (C=O) groups is 2. The van der Waals surface area contributed by atoms with Crippen molar-refractivity contribution in [3.8, 4) is 16.9 Å². The monoisotopic (exact) mass is 436 g/mol. The van der Waals surface area contributed by atoms with E-state index in [0.717, 1.165) is 32.8 Å². The number of aromatic hydroxyl groups is 1. The first-order chi connectivity index (χ1) is 15.5. The lowest BCUT2D eigenvalue weighted by atomic mass is 9.97. The summed E-state index contributed by atoms with van der Waals surface area (Å²) in [7, 11) is 0. The van der Waals surface area contributed by atoms with Crippen molar-refractivity contribution in [1.82, 2.24) is 10.2 Å². The average Bonchev–Trinajstić information content (AvgIpc) is 2.80. The molecular weight excluding hydrogens is 412 g/mol. The van der Waals surface area contributed by atoms with Gasteiger partial charge in [-0.3, -0.25) is 14.5 Å². The first-order valence-corrected chi connectivity index (χ1v) is 10.4. The summed E-state index contributed by atoms with van der Waals surface area (Å²) in [6.07, 6.45) is 0.464. The Bertz CT molecular complexity index is 1210. The molecule has 0 bridgehead atoms. The van der Waals surface area contributed by atoms with Gasteiger partial charge >= 0.3 is 5.63 Å². The average molecular weight is 436 g/mol. The highest BCUT2D eigenvalue weighted by Gasteiger charge is 2.18. The van der Waals surface area contributed by atoms with Gasteiger partial charge in [-0.25, -0.2) is 4.79 Å². The summed E-state index contributed by atoms with van der Waals surface area (Å²) in [4.78, 5) is 38.7. The fourth-order valence-electron chi connectivity index (χ4n) is 3.92. The van der Waals surface area contributed by atoms with Crippen LogP contribution in [0.2, 0.25) is 0 Å². The van der Waals surface area contributed by atoms with E-state index in [0.29, 0.717) is 40.5 Å². The summed E-state index contributed by atoms with van der Waals surface area (Å²) in [5, 5.41) is 13.3. The number of amides is 1. The normalized spacial score (nSPS) is 14.4. The van der Waals surface area contributed by atoms with Crippen LogP contribution in [0, 0.1) is 6.92 Å². The summed E-state index contributed by atoms with van der Waals surface area (Å²) in [5.74, 6) is -0.426. The Kier molecular flexibility index (Phi) is 6.34. The second kappa shape index (κ2) is 9.33. The minimum Gasteiger partial charge on any atom is -0.507 e. The third kappa shape index (κ3) is 4.28. The van der Waals surface area contributed by atoms with Gasteiger partial charge in [0.15, 0.2) is 11.9 Å². The molecule has 2 heterocycles. The molecule has 2 N–H and O–H groups in total. The van der Waals surface area contributed by atoms with Gasteiger partial charge in [-0.2, -0.15) is 0 Å². The molecule has 1 aliphatic heterocycles. The molecule has 1 amide bonds. The maximum atomic E-state index is 12.7. The molecule has 0 saturated carbocycles. The van der Waals surface area contributed by atoms with E-state index in [4.69, 9.17) is 9.15 Å². The second-order valence-corrected chi connectivity index (χ2v) is 7.67. The molecule has 0 radical (unpaired) electrons. The summed E-state index contributed by atoms with van der Waals surface area (Å²) in [5.41, 5.74) is 1.45. The Balaban J connectivity index is 1.53. The third-order valence-electron chi connectivity index (χ3n) is 5.72. The van der Waals surface area contributed by atoms with E-state index in [9.17, 15) is 19.5 Å². The maximum absolute atomic E-state index is 12.7. The van der Waals surface area contributed by atoms with Gasteiger partial charge in [-0.15, -0.1) is 0 Å². The van der Waals surface area contributed by atoms with Crippen LogP contribution in [0.1, 0.15) is 26.3 Å². The van der Waals surface area contributed by atoms with Crippen LogP contribution >= 0.6 is 0 Å². The van der Waals surface area contributed by atoms with Crippen LogP contribution in [0.25, 0.3) is 22.1 Å². The van der Waals surface area contributed by atoms with Crippen LogP contribution in [0.3, 0.4) is 0 Å². The molecule has 8 nitrogen and oxygen atoms in total. The van der Waals surface area contributed by atoms with E-state index >= 15 is 0 Å². The van der Waals surface area contributed by atoms with Crippen molar-refractivity contribution in [2.45, 2.75) is 6.92 Å². The topological polar surface area (TPSA) is 109 Å². The number of fused-ring (bicyclic) bond motifs is 1. The van der Waals surface area contributed by atoms with Gasteiger partial charge in [0.05, 0.1) is 24.3 Å². The Morgan fingerprint density at radius 2 is 1.88 bits per heavy atom. The number of aldehydes is 1. The SMILES string of the molecule is Cc1c(-c2ccc(C(=O)NCCN3CCOCC3)cc2)c(=O)oc2c(C=O)c(O)ccc12. The minimum absolute atomic E-state index is 0.0571. The molecule has 2 aromatic carbocycles. The molecule has 1 aromatic heterocycles. The molecule has 0 spiro atoms. The van der Waals surface area contributed by atoms with E-state index in [2.05, 4.69) is 10.2 Å². The molecule has 166 valence electrons. The van der Waals surface area contributed by atoms with Gasteiger partial charge in [-0.05, 0) is 42.3 Å². The van der Waals surface area contributed by atoms with Crippen LogP contribution in [0.4, 0.5) is 0 Å². The molecular formula is C24H24N2O6. The number of nitrogens with zero attached hydrogens (tertiary/aromatic N) is 1. The molecule has 0 unspecified atom stereocenters. The van der Waals surface area contributed by atoms with Gasteiger partial charge in [0.1, 0.15) is 5.75 Å². The van der Waals surface area contributed by atoms with Crippen molar-refractivity contribution in [3.63, 3.8) is 0 Å². The number of carbonyl (C=O) groups excluding carboxylic acids is 2. The number of hydrogen-bond donors (Lipinski definition) is 2. The molecule has 8 heteroatoms. The zero-order valence-electron chi connectivity index (χ0n) is 17.7. The molecule has 1 fully saturated rings. The van der Waals surface area contributed by atoms with Gasteiger partial charge in [0, 0.05) is 37.1 Å².